The zero-order valence-electron chi connectivity index (χ0n) is 12.9. The van der Waals surface area contributed by atoms with Gasteiger partial charge in [-0.25, -0.2) is 8.42 Å². The predicted octanol–water partition coefficient (Wildman–Crippen LogP) is 4.80. The van der Waals surface area contributed by atoms with Crippen molar-refractivity contribution in [1.29, 1.82) is 0 Å². The number of aromatic nitrogens is 1. The molecule has 4 rings (SSSR count). The van der Waals surface area contributed by atoms with Crippen molar-refractivity contribution in [1.82, 2.24) is 9.29 Å². The highest BCUT2D eigenvalue weighted by Crippen LogP contribution is 2.38. The second kappa shape index (κ2) is 6.19. The van der Waals surface area contributed by atoms with E-state index in [1.165, 1.54) is 0 Å². The van der Waals surface area contributed by atoms with Crippen LogP contribution in [0.5, 0.6) is 0 Å². The molecule has 1 aliphatic heterocycles. The zero-order chi connectivity index (χ0) is 16.7. The van der Waals surface area contributed by atoms with E-state index < -0.39 is 10.0 Å². The maximum Gasteiger partial charge on any atom is 0.253 e. The van der Waals surface area contributed by atoms with Crippen LogP contribution in [0.15, 0.2) is 46.7 Å². The van der Waals surface area contributed by atoms with Gasteiger partial charge in [0.2, 0.25) is 0 Å². The van der Waals surface area contributed by atoms with Crippen LogP contribution >= 0.6 is 22.9 Å². The molecule has 0 radical (unpaired) electrons. The molecule has 1 fully saturated rings. The average molecular weight is 381 g/mol. The Morgan fingerprint density at radius 3 is 2.75 bits per heavy atom. The standard InChI is InChI=1S/C17H17ClN2O2S2/c18-16-8-9-17(23-16)24(21,22)20-10-4-3-7-15(20)14-11-12-5-1-2-6-13(12)19-14/h1-2,5-6,8-9,11,15,19H,3-4,7,10H2. The average Bonchev–Trinajstić information content (AvgIpc) is 3.21. The minimum atomic E-state index is -3.53. The topological polar surface area (TPSA) is 53.2 Å². The Kier molecular flexibility index (Phi) is 4.16. The fourth-order valence-electron chi connectivity index (χ4n) is 3.33. The van der Waals surface area contributed by atoms with Gasteiger partial charge >= 0.3 is 0 Å². The number of hydrogen-bond donors (Lipinski definition) is 1. The van der Waals surface area contributed by atoms with Gasteiger partial charge in [-0.1, -0.05) is 36.2 Å². The quantitative estimate of drug-likeness (QED) is 0.709. The maximum atomic E-state index is 13.1. The van der Waals surface area contributed by atoms with Crippen LogP contribution in [-0.2, 0) is 10.0 Å². The number of nitrogens with zero attached hydrogens (tertiary/aromatic N) is 1. The van der Waals surface area contributed by atoms with Crippen LogP contribution in [0.2, 0.25) is 4.34 Å². The molecular weight excluding hydrogens is 364 g/mol. The van der Waals surface area contributed by atoms with Gasteiger partial charge in [-0.3, -0.25) is 0 Å². The summed E-state index contributed by atoms with van der Waals surface area (Å²) in [7, 11) is -3.53. The molecule has 3 aromatic rings. The van der Waals surface area contributed by atoms with Crippen molar-refractivity contribution in [2.75, 3.05) is 6.54 Å². The van der Waals surface area contributed by atoms with Crippen LogP contribution in [0.25, 0.3) is 10.9 Å². The zero-order valence-corrected chi connectivity index (χ0v) is 15.3. The minimum Gasteiger partial charge on any atom is -0.357 e. The van der Waals surface area contributed by atoms with Crippen LogP contribution in [0.1, 0.15) is 31.0 Å². The van der Waals surface area contributed by atoms with E-state index in [1.807, 2.05) is 24.3 Å². The normalized spacial score (nSPS) is 19.8. The van der Waals surface area contributed by atoms with E-state index in [9.17, 15) is 8.42 Å². The lowest BCUT2D eigenvalue weighted by Crippen LogP contribution is -2.38. The molecule has 0 bridgehead atoms. The summed E-state index contributed by atoms with van der Waals surface area (Å²) >= 11 is 7.06. The van der Waals surface area contributed by atoms with Crippen molar-refractivity contribution in [2.24, 2.45) is 0 Å². The number of thiophene rings is 1. The molecule has 1 unspecified atom stereocenters. The summed E-state index contributed by atoms with van der Waals surface area (Å²) in [6.45, 7) is 0.540. The highest BCUT2D eigenvalue weighted by atomic mass is 35.5. The number of sulfonamides is 1. The third-order valence-electron chi connectivity index (χ3n) is 4.48. The lowest BCUT2D eigenvalue weighted by atomic mass is 10.0. The lowest BCUT2D eigenvalue weighted by Gasteiger charge is -2.33. The van der Waals surface area contributed by atoms with Gasteiger partial charge in [-0.2, -0.15) is 4.31 Å². The number of aromatic amines is 1. The van der Waals surface area contributed by atoms with Crippen molar-refractivity contribution in [2.45, 2.75) is 29.5 Å². The van der Waals surface area contributed by atoms with Crippen LogP contribution in [0.4, 0.5) is 0 Å². The molecule has 126 valence electrons. The van der Waals surface area contributed by atoms with E-state index in [0.29, 0.717) is 15.1 Å². The summed E-state index contributed by atoms with van der Waals surface area (Å²) in [4.78, 5) is 3.40. The molecule has 0 saturated carbocycles. The van der Waals surface area contributed by atoms with Crippen molar-refractivity contribution in [3.63, 3.8) is 0 Å². The minimum absolute atomic E-state index is 0.156. The Labute approximate surface area is 150 Å². The molecular formula is C17H17ClN2O2S2. The molecule has 1 N–H and O–H groups in total. The second-order valence-corrected chi connectivity index (χ2v) is 9.83. The fraction of sp³-hybridized carbons (Fsp3) is 0.294. The van der Waals surface area contributed by atoms with E-state index in [0.717, 1.165) is 47.2 Å². The van der Waals surface area contributed by atoms with Gasteiger partial charge in [0.25, 0.3) is 10.0 Å². The molecule has 1 aromatic carbocycles. The number of rotatable bonds is 3. The first kappa shape index (κ1) is 16.1. The summed E-state index contributed by atoms with van der Waals surface area (Å²) in [5.41, 5.74) is 2.00. The Morgan fingerprint density at radius 1 is 1.17 bits per heavy atom. The molecule has 3 heterocycles. The Hall–Kier alpha value is -1.34. The molecule has 0 aliphatic carbocycles. The van der Waals surface area contributed by atoms with Gasteiger partial charge in [-0.15, -0.1) is 11.3 Å². The Balaban J connectivity index is 1.75. The maximum absolute atomic E-state index is 13.1. The van der Waals surface area contributed by atoms with Gasteiger partial charge in [0.05, 0.1) is 10.4 Å². The van der Waals surface area contributed by atoms with Crippen molar-refractivity contribution < 1.29 is 8.42 Å². The molecule has 4 nitrogen and oxygen atoms in total. The van der Waals surface area contributed by atoms with Gasteiger partial charge in [-0.05, 0) is 42.5 Å². The number of H-pyrrole nitrogens is 1. The molecule has 0 amide bonds. The van der Waals surface area contributed by atoms with E-state index in [1.54, 1.807) is 16.4 Å². The highest BCUT2D eigenvalue weighted by Gasteiger charge is 2.36. The van der Waals surface area contributed by atoms with Crippen LogP contribution in [0.3, 0.4) is 0 Å². The third kappa shape index (κ3) is 2.77. The number of halogens is 1. The summed E-state index contributed by atoms with van der Waals surface area (Å²) < 4.78 is 28.6. The predicted molar refractivity (Wildman–Crippen MR) is 98.1 cm³/mol. The first-order valence-electron chi connectivity index (χ1n) is 7.90. The first-order chi connectivity index (χ1) is 11.6. The van der Waals surface area contributed by atoms with Gasteiger partial charge in [0.1, 0.15) is 4.21 Å². The lowest BCUT2D eigenvalue weighted by molar-refractivity contribution is 0.253. The third-order valence-corrected chi connectivity index (χ3v) is 8.08. The van der Waals surface area contributed by atoms with Crippen molar-refractivity contribution in [3.05, 3.63) is 52.5 Å². The highest BCUT2D eigenvalue weighted by molar-refractivity contribution is 7.91. The molecule has 0 spiro atoms. The fourth-order valence-corrected chi connectivity index (χ4v) is 6.62. The Morgan fingerprint density at radius 2 is 2.00 bits per heavy atom. The van der Waals surface area contributed by atoms with E-state index in [4.69, 9.17) is 11.6 Å². The summed E-state index contributed by atoms with van der Waals surface area (Å²) in [5, 5.41) is 1.11. The SMILES string of the molecule is O=S(=O)(c1ccc(Cl)s1)N1CCCCC1c1cc2ccccc2[nH]1. The first-order valence-corrected chi connectivity index (χ1v) is 10.5. The van der Waals surface area contributed by atoms with Crippen LogP contribution in [-0.4, -0.2) is 24.3 Å². The molecule has 7 heteroatoms. The summed E-state index contributed by atoms with van der Waals surface area (Å²) in [6.07, 6.45) is 2.73. The van der Waals surface area contributed by atoms with Gasteiger partial charge in [0.15, 0.2) is 0 Å². The van der Waals surface area contributed by atoms with Crippen molar-refractivity contribution in [3.8, 4) is 0 Å². The van der Waals surface area contributed by atoms with Gasteiger partial charge in [0, 0.05) is 17.8 Å². The van der Waals surface area contributed by atoms with E-state index >= 15 is 0 Å². The Bertz CT molecular complexity index is 944. The van der Waals surface area contributed by atoms with Crippen LogP contribution < -0.4 is 0 Å². The number of benzene rings is 1. The number of fused-ring (bicyclic) bond motifs is 1. The number of piperidine rings is 1. The summed E-state index contributed by atoms with van der Waals surface area (Å²) in [6, 6.07) is 13.2. The number of hydrogen-bond acceptors (Lipinski definition) is 3. The monoisotopic (exact) mass is 380 g/mol. The van der Waals surface area contributed by atoms with Gasteiger partial charge < -0.3 is 4.98 Å². The van der Waals surface area contributed by atoms with Crippen LogP contribution in [0, 0.1) is 0 Å². The van der Waals surface area contributed by atoms with Crippen molar-refractivity contribution >= 4 is 43.9 Å². The molecule has 1 saturated heterocycles. The molecule has 2 aromatic heterocycles. The largest absolute Gasteiger partial charge is 0.357 e. The van der Waals surface area contributed by atoms with E-state index in [2.05, 4.69) is 11.1 Å². The van der Waals surface area contributed by atoms with E-state index in [-0.39, 0.29) is 6.04 Å². The number of nitrogens with one attached hydrogen (secondary N) is 1. The molecule has 1 atom stereocenters. The summed E-state index contributed by atoms with van der Waals surface area (Å²) in [5.74, 6) is 0. The second-order valence-electron chi connectivity index (χ2n) is 6.00. The molecule has 24 heavy (non-hydrogen) atoms. The molecule has 1 aliphatic rings. The smallest absolute Gasteiger partial charge is 0.253 e. The number of para-hydroxylation sites is 1.